The van der Waals surface area contributed by atoms with Crippen molar-refractivity contribution in [2.75, 3.05) is 64.0 Å². The summed E-state index contributed by atoms with van der Waals surface area (Å²) < 4.78 is 5.36. The van der Waals surface area contributed by atoms with Crippen molar-refractivity contribution in [3.63, 3.8) is 0 Å². The van der Waals surface area contributed by atoms with Gasteiger partial charge in [-0.15, -0.1) is 0 Å². The van der Waals surface area contributed by atoms with E-state index in [1.807, 2.05) is 30.3 Å². The Balaban J connectivity index is 1.35. The van der Waals surface area contributed by atoms with Crippen LogP contribution in [-0.2, 0) is 16.1 Å². The topological polar surface area (TPSA) is 106 Å². The number of aliphatic hydroxyl groups excluding tert-OH is 1. The second-order valence-electron chi connectivity index (χ2n) is 8.63. The van der Waals surface area contributed by atoms with Crippen molar-refractivity contribution < 1.29 is 24.5 Å². The van der Waals surface area contributed by atoms with E-state index in [9.17, 15) is 19.8 Å². The molecule has 2 aromatic carbocycles. The van der Waals surface area contributed by atoms with Gasteiger partial charge in [-0.3, -0.25) is 14.5 Å². The number of nitrogens with one attached hydrogen (secondary N) is 1. The molecule has 2 aliphatic heterocycles. The standard InChI is InChI=1S/C25H32N4O5/c30-18-23(25(33)29-8-6-28(7-9-29)21-4-2-1-3-5-21)26-24(32)20-14-19(15-22(31)16-20)17-27-10-12-34-13-11-27/h1-5,14-16,23,30-31H,6-13,17-18H2,(H,26,32)/t23-/m0/s1. The maximum atomic E-state index is 13.0. The molecule has 0 spiro atoms. The molecule has 0 saturated carbocycles. The number of aromatic hydroxyl groups is 1. The molecule has 4 rings (SSSR count). The Kier molecular flexibility index (Phi) is 7.99. The molecule has 182 valence electrons. The highest BCUT2D eigenvalue weighted by molar-refractivity contribution is 5.98. The molecule has 0 bridgehead atoms. The van der Waals surface area contributed by atoms with Gasteiger partial charge in [0.05, 0.1) is 19.8 Å². The van der Waals surface area contributed by atoms with E-state index in [1.165, 1.54) is 6.07 Å². The SMILES string of the molecule is O=C(N[C@@H](CO)C(=O)N1CCN(c2ccccc2)CC1)c1cc(O)cc(CN2CCOCC2)c1. The van der Waals surface area contributed by atoms with Crippen LogP contribution in [0.2, 0.25) is 0 Å². The lowest BCUT2D eigenvalue weighted by Crippen LogP contribution is -2.56. The first-order chi connectivity index (χ1) is 16.5. The van der Waals surface area contributed by atoms with Crippen LogP contribution in [0.15, 0.2) is 48.5 Å². The number of rotatable bonds is 7. The summed E-state index contributed by atoms with van der Waals surface area (Å²) in [5.41, 5.74) is 2.16. The van der Waals surface area contributed by atoms with Gasteiger partial charge in [0.1, 0.15) is 11.8 Å². The van der Waals surface area contributed by atoms with E-state index in [0.29, 0.717) is 45.9 Å². The first-order valence-electron chi connectivity index (χ1n) is 11.7. The normalized spacial score (nSPS) is 17.9. The van der Waals surface area contributed by atoms with Crippen LogP contribution < -0.4 is 10.2 Å². The molecule has 9 nitrogen and oxygen atoms in total. The number of phenols is 1. The summed E-state index contributed by atoms with van der Waals surface area (Å²) in [5.74, 6) is -0.827. The van der Waals surface area contributed by atoms with Crippen LogP contribution in [0, 0.1) is 0 Å². The number of hydrogen-bond donors (Lipinski definition) is 3. The molecule has 0 aromatic heterocycles. The van der Waals surface area contributed by atoms with Crippen molar-refractivity contribution in [1.82, 2.24) is 15.1 Å². The van der Waals surface area contributed by atoms with E-state index in [2.05, 4.69) is 15.1 Å². The van der Waals surface area contributed by atoms with Crippen LogP contribution in [0.3, 0.4) is 0 Å². The number of amides is 2. The number of piperazine rings is 1. The average Bonchev–Trinajstić information content (AvgIpc) is 2.87. The average molecular weight is 469 g/mol. The van der Waals surface area contributed by atoms with Gasteiger partial charge < -0.3 is 30.1 Å². The molecule has 0 aliphatic carbocycles. The Bertz CT molecular complexity index is 973. The summed E-state index contributed by atoms with van der Waals surface area (Å²) in [6, 6.07) is 13.7. The van der Waals surface area contributed by atoms with Crippen molar-refractivity contribution in [3.05, 3.63) is 59.7 Å². The second-order valence-corrected chi connectivity index (χ2v) is 8.63. The van der Waals surface area contributed by atoms with Gasteiger partial charge in [-0.1, -0.05) is 18.2 Å². The molecule has 2 fully saturated rings. The lowest BCUT2D eigenvalue weighted by atomic mass is 10.1. The number of anilines is 1. The van der Waals surface area contributed by atoms with Crippen LogP contribution in [0.25, 0.3) is 0 Å². The zero-order valence-corrected chi connectivity index (χ0v) is 19.2. The number of benzene rings is 2. The summed E-state index contributed by atoms with van der Waals surface area (Å²) in [6.07, 6.45) is 0. The molecule has 2 heterocycles. The summed E-state index contributed by atoms with van der Waals surface area (Å²) in [6.45, 7) is 5.36. The minimum Gasteiger partial charge on any atom is -0.508 e. The fourth-order valence-electron chi connectivity index (χ4n) is 4.39. The molecule has 2 saturated heterocycles. The van der Waals surface area contributed by atoms with E-state index in [1.54, 1.807) is 17.0 Å². The first-order valence-corrected chi connectivity index (χ1v) is 11.7. The second kappa shape index (κ2) is 11.3. The van der Waals surface area contributed by atoms with Gasteiger partial charge in [0, 0.05) is 57.1 Å². The zero-order valence-electron chi connectivity index (χ0n) is 19.2. The first kappa shape index (κ1) is 24.0. The molecule has 9 heteroatoms. The van der Waals surface area contributed by atoms with E-state index in [4.69, 9.17) is 4.74 Å². The number of morpholine rings is 1. The van der Waals surface area contributed by atoms with Crippen LogP contribution in [0.4, 0.5) is 5.69 Å². The van der Waals surface area contributed by atoms with E-state index in [-0.39, 0.29) is 17.2 Å². The number of carbonyl (C=O) groups excluding carboxylic acids is 2. The highest BCUT2D eigenvalue weighted by Gasteiger charge is 2.29. The highest BCUT2D eigenvalue weighted by Crippen LogP contribution is 2.19. The molecule has 34 heavy (non-hydrogen) atoms. The molecule has 2 aromatic rings. The largest absolute Gasteiger partial charge is 0.508 e. The molecule has 0 unspecified atom stereocenters. The van der Waals surface area contributed by atoms with Crippen LogP contribution in [0.5, 0.6) is 5.75 Å². The number of ether oxygens (including phenoxy) is 1. The number of phenolic OH excluding ortho intramolecular Hbond substituents is 1. The lowest BCUT2D eigenvalue weighted by molar-refractivity contribution is -0.134. The van der Waals surface area contributed by atoms with Crippen molar-refractivity contribution in [3.8, 4) is 5.75 Å². The minimum atomic E-state index is -1.04. The number of aliphatic hydroxyl groups is 1. The van der Waals surface area contributed by atoms with Crippen molar-refractivity contribution in [2.24, 2.45) is 0 Å². The molecule has 3 N–H and O–H groups in total. The Hall–Kier alpha value is -3.14. The van der Waals surface area contributed by atoms with Gasteiger partial charge in [-0.25, -0.2) is 0 Å². The Morgan fingerprint density at radius 3 is 2.35 bits per heavy atom. The van der Waals surface area contributed by atoms with E-state index < -0.39 is 18.6 Å². The third-order valence-corrected chi connectivity index (χ3v) is 6.25. The van der Waals surface area contributed by atoms with Gasteiger partial charge in [0.15, 0.2) is 0 Å². The zero-order chi connectivity index (χ0) is 23.9. The van der Waals surface area contributed by atoms with E-state index in [0.717, 1.165) is 24.3 Å². The van der Waals surface area contributed by atoms with Crippen molar-refractivity contribution in [1.29, 1.82) is 0 Å². The van der Waals surface area contributed by atoms with Gasteiger partial charge in [-0.2, -0.15) is 0 Å². The van der Waals surface area contributed by atoms with Gasteiger partial charge in [0.25, 0.3) is 5.91 Å². The number of nitrogens with zero attached hydrogens (tertiary/aromatic N) is 3. The molecule has 2 aliphatic rings. The van der Waals surface area contributed by atoms with Crippen LogP contribution in [-0.4, -0.2) is 97.0 Å². The smallest absolute Gasteiger partial charge is 0.252 e. The van der Waals surface area contributed by atoms with Gasteiger partial charge in [-0.05, 0) is 35.9 Å². The third kappa shape index (κ3) is 6.05. The number of para-hydroxylation sites is 1. The minimum absolute atomic E-state index is 0.0141. The molecular weight excluding hydrogens is 436 g/mol. The monoisotopic (exact) mass is 468 g/mol. The summed E-state index contributed by atoms with van der Waals surface area (Å²) in [4.78, 5) is 32.0. The third-order valence-electron chi connectivity index (χ3n) is 6.25. The van der Waals surface area contributed by atoms with Crippen molar-refractivity contribution in [2.45, 2.75) is 12.6 Å². The van der Waals surface area contributed by atoms with E-state index >= 15 is 0 Å². The summed E-state index contributed by atoms with van der Waals surface area (Å²) in [7, 11) is 0. The molecular formula is C25H32N4O5. The Labute approximate surface area is 199 Å². The highest BCUT2D eigenvalue weighted by atomic mass is 16.5. The number of carbonyl (C=O) groups is 2. The lowest BCUT2D eigenvalue weighted by Gasteiger charge is -2.37. The predicted octanol–water partition coefficient (Wildman–Crippen LogP) is 0.664. The van der Waals surface area contributed by atoms with Crippen LogP contribution in [0.1, 0.15) is 15.9 Å². The van der Waals surface area contributed by atoms with Crippen molar-refractivity contribution >= 4 is 17.5 Å². The molecule has 1 atom stereocenters. The fraction of sp³-hybridized carbons (Fsp3) is 0.440. The maximum absolute atomic E-state index is 13.0. The quantitative estimate of drug-likeness (QED) is 0.548. The summed E-state index contributed by atoms with van der Waals surface area (Å²) in [5, 5.41) is 22.6. The fourth-order valence-corrected chi connectivity index (χ4v) is 4.39. The Morgan fingerprint density at radius 2 is 1.68 bits per heavy atom. The van der Waals surface area contributed by atoms with Gasteiger partial charge >= 0.3 is 0 Å². The Morgan fingerprint density at radius 1 is 0.971 bits per heavy atom. The maximum Gasteiger partial charge on any atom is 0.252 e. The molecule has 0 radical (unpaired) electrons. The van der Waals surface area contributed by atoms with Gasteiger partial charge in [0.2, 0.25) is 5.91 Å². The predicted molar refractivity (Wildman–Crippen MR) is 128 cm³/mol. The molecule has 2 amide bonds. The number of hydrogen-bond acceptors (Lipinski definition) is 7. The summed E-state index contributed by atoms with van der Waals surface area (Å²) >= 11 is 0. The van der Waals surface area contributed by atoms with Crippen LogP contribution >= 0.6 is 0 Å².